The Labute approximate surface area is 149 Å². The first-order valence-electron chi connectivity index (χ1n) is 7.67. The summed E-state index contributed by atoms with van der Waals surface area (Å²) in [6.07, 6.45) is 1.42. The number of halogens is 1. The van der Waals surface area contributed by atoms with Gasteiger partial charge in [0.15, 0.2) is 14.6 Å². The lowest BCUT2D eigenvalue weighted by Gasteiger charge is -2.34. The van der Waals surface area contributed by atoms with E-state index in [-0.39, 0.29) is 25.1 Å². The molecule has 1 amide bonds. The minimum Gasteiger partial charge on any atom is -0.375 e. The molecule has 0 aromatic heterocycles. The fourth-order valence-corrected chi connectivity index (χ4v) is 4.30. The molecule has 1 aliphatic rings. The molecule has 0 spiro atoms. The molecule has 6 nitrogen and oxygen atoms in total. The van der Waals surface area contributed by atoms with Crippen molar-refractivity contribution in [1.82, 2.24) is 10.6 Å². The Morgan fingerprint density at radius 3 is 2.38 bits per heavy atom. The molecule has 24 heavy (non-hydrogen) atoms. The number of sulfone groups is 1. The summed E-state index contributed by atoms with van der Waals surface area (Å²) in [6.45, 7) is 1.28. The van der Waals surface area contributed by atoms with Crippen LogP contribution in [0.1, 0.15) is 24.5 Å². The summed E-state index contributed by atoms with van der Waals surface area (Å²) in [5.41, 5.74) is 0.939. The van der Waals surface area contributed by atoms with Gasteiger partial charge >= 0.3 is 0 Å². The predicted octanol–water partition coefficient (Wildman–Crippen LogP) is 1.08. The third-order valence-electron chi connectivity index (χ3n) is 4.44. The van der Waals surface area contributed by atoms with Crippen molar-refractivity contribution < 1.29 is 17.9 Å². The summed E-state index contributed by atoms with van der Waals surface area (Å²) in [7, 11) is -1.93. The van der Waals surface area contributed by atoms with Crippen LogP contribution < -0.4 is 10.6 Å². The van der Waals surface area contributed by atoms with E-state index in [0.29, 0.717) is 25.9 Å². The van der Waals surface area contributed by atoms with Gasteiger partial charge in [0.1, 0.15) is 0 Å². The highest BCUT2D eigenvalue weighted by atomic mass is 35.5. The van der Waals surface area contributed by atoms with E-state index in [1.165, 1.54) is 0 Å². The summed E-state index contributed by atoms with van der Waals surface area (Å²) in [4.78, 5) is 12.6. The van der Waals surface area contributed by atoms with Crippen LogP contribution in [0.2, 0.25) is 0 Å². The molecule has 0 bridgehead atoms. The standard InChI is InChI=1S/C16H24N2O4S.ClH/c1-22-14(13-6-4-3-5-7-13)12-18-15(19)16(23(2,20)21)8-10-17-11-9-16;/h3-7,14,17H,8-12H2,1-2H3,(H,18,19);1H. The maximum Gasteiger partial charge on any atom is 0.241 e. The molecule has 0 aliphatic carbocycles. The molecule has 1 saturated heterocycles. The molecule has 1 aromatic rings. The second-order valence-corrected chi connectivity index (χ2v) is 8.19. The van der Waals surface area contributed by atoms with Gasteiger partial charge in [0.25, 0.3) is 0 Å². The Morgan fingerprint density at radius 1 is 1.29 bits per heavy atom. The second-order valence-electron chi connectivity index (χ2n) is 5.86. The van der Waals surface area contributed by atoms with Crippen LogP contribution in [-0.4, -0.2) is 52.1 Å². The highest BCUT2D eigenvalue weighted by molar-refractivity contribution is 7.92. The van der Waals surface area contributed by atoms with Crippen molar-refractivity contribution in [2.75, 3.05) is 33.0 Å². The zero-order valence-corrected chi connectivity index (χ0v) is 15.6. The molecule has 1 heterocycles. The molecular weight excluding hydrogens is 352 g/mol. The summed E-state index contributed by atoms with van der Waals surface area (Å²) in [5.74, 6) is -0.431. The zero-order chi connectivity index (χ0) is 16.9. The highest BCUT2D eigenvalue weighted by Gasteiger charge is 2.48. The van der Waals surface area contributed by atoms with Gasteiger partial charge in [-0.25, -0.2) is 8.42 Å². The van der Waals surface area contributed by atoms with Gasteiger partial charge in [0, 0.05) is 19.9 Å². The first kappa shape index (κ1) is 20.9. The molecule has 1 aliphatic heterocycles. The molecule has 136 valence electrons. The van der Waals surface area contributed by atoms with Crippen molar-refractivity contribution in [1.29, 1.82) is 0 Å². The van der Waals surface area contributed by atoms with E-state index in [4.69, 9.17) is 4.74 Å². The number of nitrogens with one attached hydrogen (secondary N) is 2. The van der Waals surface area contributed by atoms with Crippen molar-refractivity contribution in [3.63, 3.8) is 0 Å². The van der Waals surface area contributed by atoms with Crippen LogP contribution in [-0.2, 0) is 19.4 Å². The van der Waals surface area contributed by atoms with E-state index < -0.39 is 20.5 Å². The topological polar surface area (TPSA) is 84.5 Å². The monoisotopic (exact) mass is 376 g/mol. The van der Waals surface area contributed by atoms with Crippen LogP contribution in [0.3, 0.4) is 0 Å². The molecular formula is C16H25ClN2O4S. The summed E-state index contributed by atoms with van der Waals surface area (Å²) in [5, 5.41) is 5.88. The zero-order valence-electron chi connectivity index (χ0n) is 13.9. The van der Waals surface area contributed by atoms with Crippen LogP contribution in [0.5, 0.6) is 0 Å². The van der Waals surface area contributed by atoms with Gasteiger partial charge in [-0.2, -0.15) is 0 Å². The van der Waals surface area contributed by atoms with Gasteiger partial charge in [0.2, 0.25) is 5.91 Å². The number of rotatable bonds is 6. The lowest BCUT2D eigenvalue weighted by atomic mass is 9.95. The van der Waals surface area contributed by atoms with E-state index in [9.17, 15) is 13.2 Å². The van der Waals surface area contributed by atoms with Crippen molar-refractivity contribution >= 4 is 28.2 Å². The molecule has 8 heteroatoms. The van der Waals surface area contributed by atoms with Gasteiger partial charge in [-0.3, -0.25) is 4.79 Å². The molecule has 2 N–H and O–H groups in total. The van der Waals surface area contributed by atoms with Gasteiger partial charge < -0.3 is 15.4 Å². The SMILES string of the molecule is COC(CNC(=O)C1(S(C)(=O)=O)CCNCC1)c1ccccc1.Cl. The fraction of sp³-hybridized carbons (Fsp3) is 0.562. The van der Waals surface area contributed by atoms with Crippen LogP contribution in [0.4, 0.5) is 0 Å². The van der Waals surface area contributed by atoms with E-state index in [2.05, 4.69) is 10.6 Å². The maximum atomic E-state index is 12.6. The van der Waals surface area contributed by atoms with Crippen LogP contribution in [0.25, 0.3) is 0 Å². The van der Waals surface area contributed by atoms with Gasteiger partial charge in [-0.1, -0.05) is 30.3 Å². The van der Waals surface area contributed by atoms with Crippen molar-refractivity contribution in [2.45, 2.75) is 23.7 Å². The maximum absolute atomic E-state index is 12.6. The number of ether oxygens (including phenoxy) is 1. The van der Waals surface area contributed by atoms with Crippen molar-refractivity contribution in [3.05, 3.63) is 35.9 Å². The number of piperidine rings is 1. The van der Waals surface area contributed by atoms with E-state index in [1.54, 1.807) is 7.11 Å². The van der Waals surface area contributed by atoms with Crippen molar-refractivity contribution in [2.24, 2.45) is 0 Å². The minimum absolute atomic E-state index is 0. The molecule has 1 unspecified atom stereocenters. The number of carbonyl (C=O) groups is 1. The summed E-state index contributed by atoms with van der Waals surface area (Å²) < 4.78 is 28.5. The van der Waals surface area contributed by atoms with E-state index in [0.717, 1.165) is 11.8 Å². The van der Waals surface area contributed by atoms with Gasteiger partial charge in [-0.05, 0) is 31.5 Å². The Bertz CT molecular complexity index is 631. The number of benzene rings is 1. The number of hydrogen-bond acceptors (Lipinski definition) is 5. The third-order valence-corrected chi connectivity index (χ3v) is 6.45. The largest absolute Gasteiger partial charge is 0.375 e. The van der Waals surface area contributed by atoms with Crippen molar-refractivity contribution in [3.8, 4) is 0 Å². The number of methoxy groups -OCH3 is 1. The van der Waals surface area contributed by atoms with Crippen LogP contribution in [0, 0.1) is 0 Å². The Kier molecular flexibility index (Phi) is 7.66. The second kappa shape index (κ2) is 8.80. The molecule has 0 radical (unpaired) electrons. The molecule has 1 aromatic carbocycles. The smallest absolute Gasteiger partial charge is 0.241 e. The van der Waals surface area contributed by atoms with Gasteiger partial charge in [-0.15, -0.1) is 12.4 Å². The van der Waals surface area contributed by atoms with Crippen LogP contribution in [0.15, 0.2) is 30.3 Å². The number of hydrogen-bond donors (Lipinski definition) is 2. The Hall–Kier alpha value is -1.15. The van der Waals surface area contributed by atoms with E-state index in [1.807, 2.05) is 30.3 Å². The highest BCUT2D eigenvalue weighted by Crippen LogP contribution is 2.28. The van der Waals surface area contributed by atoms with Crippen LogP contribution >= 0.6 is 12.4 Å². The summed E-state index contributed by atoms with van der Waals surface area (Å²) >= 11 is 0. The average molecular weight is 377 g/mol. The molecule has 0 saturated carbocycles. The molecule has 1 atom stereocenters. The Morgan fingerprint density at radius 2 is 1.88 bits per heavy atom. The fourth-order valence-electron chi connectivity index (χ4n) is 2.95. The third kappa shape index (κ3) is 4.47. The molecule has 1 fully saturated rings. The van der Waals surface area contributed by atoms with E-state index >= 15 is 0 Å². The average Bonchev–Trinajstić information content (AvgIpc) is 2.56. The first-order chi connectivity index (χ1) is 10.9. The number of carbonyl (C=O) groups excluding carboxylic acids is 1. The quantitative estimate of drug-likeness (QED) is 0.776. The minimum atomic E-state index is -3.50. The first-order valence-corrected chi connectivity index (χ1v) is 9.56. The predicted molar refractivity (Wildman–Crippen MR) is 96.1 cm³/mol. The Balaban J connectivity index is 0.00000288. The lowest BCUT2D eigenvalue weighted by Crippen LogP contribution is -2.57. The lowest BCUT2D eigenvalue weighted by molar-refractivity contribution is -0.124. The molecule has 2 rings (SSSR count). The van der Waals surface area contributed by atoms with Gasteiger partial charge in [0.05, 0.1) is 6.10 Å². The number of amides is 1. The summed E-state index contributed by atoms with van der Waals surface area (Å²) in [6, 6.07) is 9.53. The normalized spacial score (nSPS) is 18.2.